The summed E-state index contributed by atoms with van der Waals surface area (Å²) >= 11 is 0. The van der Waals surface area contributed by atoms with E-state index >= 15 is 0 Å². The molecule has 1 amide bonds. The first kappa shape index (κ1) is 17.6. The van der Waals surface area contributed by atoms with Crippen molar-refractivity contribution in [3.8, 4) is 11.5 Å². The molecule has 1 saturated carbocycles. The average molecular weight is 320 g/mol. The molecular formula is C18H28N2O3. The Labute approximate surface area is 138 Å². The summed E-state index contributed by atoms with van der Waals surface area (Å²) in [5.41, 5.74) is 5.87. The number of rotatable bonds is 7. The van der Waals surface area contributed by atoms with E-state index < -0.39 is 6.10 Å². The number of hydrogen-bond acceptors (Lipinski definition) is 4. The van der Waals surface area contributed by atoms with Crippen molar-refractivity contribution < 1.29 is 14.3 Å². The van der Waals surface area contributed by atoms with Crippen LogP contribution in [0, 0.1) is 5.92 Å². The zero-order valence-electron chi connectivity index (χ0n) is 14.1. The van der Waals surface area contributed by atoms with Gasteiger partial charge in [0.1, 0.15) is 11.5 Å². The minimum atomic E-state index is -0.555. The van der Waals surface area contributed by atoms with Crippen LogP contribution >= 0.6 is 0 Å². The maximum Gasteiger partial charge on any atom is 0.261 e. The predicted molar refractivity (Wildman–Crippen MR) is 90.6 cm³/mol. The molecule has 1 aromatic rings. The second kappa shape index (κ2) is 8.77. The third-order valence-electron chi connectivity index (χ3n) is 4.54. The molecular weight excluding hydrogens is 292 g/mol. The van der Waals surface area contributed by atoms with Gasteiger partial charge in [-0.2, -0.15) is 0 Å². The Hall–Kier alpha value is -1.75. The van der Waals surface area contributed by atoms with Gasteiger partial charge < -0.3 is 20.5 Å². The van der Waals surface area contributed by atoms with Crippen molar-refractivity contribution in [3.05, 3.63) is 24.3 Å². The Bertz CT molecular complexity index is 484. The number of methoxy groups -OCH3 is 1. The molecule has 3 N–H and O–H groups in total. The molecule has 1 aliphatic carbocycles. The van der Waals surface area contributed by atoms with E-state index in [9.17, 15) is 4.79 Å². The van der Waals surface area contributed by atoms with Gasteiger partial charge in [0.25, 0.3) is 5.91 Å². The van der Waals surface area contributed by atoms with Crippen LogP contribution in [0.4, 0.5) is 0 Å². The monoisotopic (exact) mass is 320 g/mol. The fourth-order valence-corrected chi connectivity index (χ4v) is 3.12. The lowest BCUT2D eigenvalue weighted by molar-refractivity contribution is -0.128. The van der Waals surface area contributed by atoms with E-state index in [-0.39, 0.29) is 11.9 Å². The van der Waals surface area contributed by atoms with Gasteiger partial charge in [-0.3, -0.25) is 4.79 Å². The van der Waals surface area contributed by atoms with Gasteiger partial charge in [-0.1, -0.05) is 19.3 Å². The summed E-state index contributed by atoms with van der Waals surface area (Å²) in [4.78, 5) is 12.4. The summed E-state index contributed by atoms with van der Waals surface area (Å²) in [5, 5.41) is 3.07. The summed E-state index contributed by atoms with van der Waals surface area (Å²) in [6.07, 6.45) is 5.50. The van der Waals surface area contributed by atoms with Gasteiger partial charge in [0.05, 0.1) is 7.11 Å². The second-order valence-electron chi connectivity index (χ2n) is 6.18. The van der Waals surface area contributed by atoms with Crippen LogP contribution in [0.3, 0.4) is 0 Å². The van der Waals surface area contributed by atoms with Crippen LogP contribution in [0.2, 0.25) is 0 Å². The molecule has 2 unspecified atom stereocenters. The van der Waals surface area contributed by atoms with Crippen molar-refractivity contribution in [2.75, 3.05) is 13.7 Å². The van der Waals surface area contributed by atoms with Gasteiger partial charge in [-0.25, -0.2) is 0 Å². The number of benzene rings is 1. The van der Waals surface area contributed by atoms with E-state index in [4.69, 9.17) is 15.2 Å². The average Bonchev–Trinajstić information content (AvgIpc) is 2.60. The molecule has 0 aliphatic heterocycles. The topological polar surface area (TPSA) is 73.6 Å². The van der Waals surface area contributed by atoms with Gasteiger partial charge in [0, 0.05) is 12.6 Å². The molecule has 0 spiro atoms. The Kier molecular flexibility index (Phi) is 6.71. The second-order valence-corrected chi connectivity index (χ2v) is 6.18. The van der Waals surface area contributed by atoms with E-state index in [0.29, 0.717) is 18.2 Å². The molecule has 2 atom stereocenters. The highest BCUT2D eigenvalue weighted by Crippen LogP contribution is 2.26. The Morgan fingerprint density at radius 3 is 2.39 bits per heavy atom. The number of hydrogen-bond donors (Lipinski definition) is 2. The molecule has 5 nitrogen and oxygen atoms in total. The van der Waals surface area contributed by atoms with Gasteiger partial charge in [0.2, 0.25) is 0 Å². The summed E-state index contributed by atoms with van der Waals surface area (Å²) in [6, 6.07) is 7.26. The number of nitrogens with one attached hydrogen (secondary N) is 1. The quantitative estimate of drug-likeness (QED) is 0.809. The van der Waals surface area contributed by atoms with Crippen LogP contribution < -0.4 is 20.5 Å². The zero-order chi connectivity index (χ0) is 16.7. The lowest BCUT2D eigenvalue weighted by Gasteiger charge is -2.30. The van der Waals surface area contributed by atoms with E-state index in [1.165, 1.54) is 19.3 Å². The van der Waals surface area contributed by atoms with Crippen LogP contribution in [0.1, 0.15) is 39.0 Å². The molecule has 1 fully saturated rings. The zero-order valence-corrected chi connectivity index (χ0v) is 14.1. The third-order valence-corrected chi connectivity index (χ3v) is 4.54. The predicted octanol–water partition coefficient (Wildman–Crippen LogP) is 2.49. The third kappa shape index (κ3) is 5.13. The van der Waals surface area contributed by atoms with Crippen molar-refractivity contribution in [1.82, 2.24) is 5.32 Å². The lowest BCUT2D eigenvalue weighted by Crippen LogP contribution is -2.49. The molecule has 0 saturated heterocycles. The van der Waals surface area contributed by atoms with E-state index in [1.54, 1.807) is 26.2 Å². The molecule has 1 aliphatic rings. The number of amides is 1. The van der Waals surface area contributed by atoms with E-state index in [0.717, 1.165) is 18.6 Å². The Morgan fingerprint density at radius 2 is 1.83 bits per heavy atom. The van der Waals surface area contributed by atoms with Gasteiger partial charge in [-0.05, 0) is 49.9 Å². The lowest BCUT2D eigenvalue weighted by atomic mass is 9.84. The molecule has 23 heavy (non-hydrogen) atoms. The number of carbonyl (C=O) groups excluding carboxylic acids is 1. The molecule has 1 aromatic carbocycles. The highest BCUT2D eigenvalue weighted by Gasteiger charge is 2.26. The molecule has 128 valence electrons. The van der Waals surface area contributed by atoms with Gasteiger partial charge in [-0.15, -0.1) is 0 Å². The standard InChI is InChI=1S/C18H28N2O3/c1-13(23-16-10-8-15(22-2)9-11-16)18(21)20-17(12-19)14-6-4-3-5-7-14/h8-11,13-14,17H,3-7,12,19H2,1-2H3,(H,20,21). The number of carbonyl (C=O) groups is 1. The van der Waals surface area contributed by atoms with Crippen LogP contribution in [0.25, 0.3) is 0 Å². The minimum Gasteiger partial charge on any atom is -0.497 e. The van der Waals surface area contributed by atoms with Crippen molar-refractivity contribution in [3.63, 3.8) is 0 Å². The maximum absolute atomic E-state index is 12.4. The van der Waals surface area contributed by atoms with Crippen LogP contribution in [0.5, 0.6) is 11.5 Å². The highest BCUT2D eigenvalue weighted by atomic mass is 16.5. The largest absolute Gasteiger partial charge is 0.497 e. The molecule has 0 heterocycles. The molecule has 0 radical (unpaired) electrons. The SMILES string of the molecule is COc1ccc(OC(C)C(=O)NC(CN)C2CCCCC2)cc1. The first-order valence-corrected chi connectivity index (χ1v) is 8.45. The van der Waals surface area contributed by atoms with Crippen LogP contribution in [-0.4, -0.2) is 31.7 Å². The summed E-state index contributed by atoms with van der Waals surface area (Å²) < 4.78 is 10.8. The fraction of sp³-hybridized carbons (Fsp3) is 0.611. The van der Waals surface area contributed by atoms with Crippen molar-refractivity contribution in [2.24, 2.45) is 11.7 Å². The van der Waals surface area contributed by atoms with Crippen molar-refractivity contribution >= 4 is 5.91 Å². The first-order chi connectivity index (χ1) is 11.1. The summed E-state index contributed by atoms with van der Waals surface area (Å²) in [6.45, 7) is 2.24. The molecule has 0 aromatic heterocycles. The first-order valence-electron chi connectivity index (χ1n) is 8.45. The minimum absolute atomic E-state index is 0.0460. The smallest absolute Gasteiger partial charge is 0.261 e. The Morgan fingerprint density at radius 1 is 1.22 bits per heavy atom. The van der Waals surface area contributed by atoms with Gasteiger partial charge in [0.15, 0.2) is 6.10 Å². The number of nitrogens with two attached hydrogens (primary N) is 1. The van der Waals surface area contributed by atoms with E-state index in [2.05, 4.69) is 5.32 Å². The van der Waals surface area contributed by atoms with Gasteiger partial charge >= 0.3 is 0 Å². The number of ether oxygens (including phenoxy) is 2. The maximum atomic E-state index is 12.4. The molecule has 5 heteroatoms. The Balaban J connectivity index is 1.87. The van der Waals surface area contributed by atoms with E-state index in [1.807, 2.05) is 12.1 Å². The van der Waals surface area contributed by atoms with Crippen molar-refractivity contribution in [1.29, 1.82) is 0 Å². The molecule has 2 rings (SSSR count). The summed E-state index contributed by atoms with van der Waals surface area (Å²) in [5.74, 6) is 1.79. The van der Waals surface area contributed by atoms with Crippen LogP contribution in [0.15, 0.2) is 24.3 Å². The van der Waals surface area contributed by atoms with Crippen LogP contribution in [-0.2, 0) is 4.79 Å². The normalized spacial score (nSPS) is 18.0. The fourth-order valence-electron chi connectivity index (χ4n) is 3.12. The molecule has 0 bridgehead atoms. The summed E-state index contributed by atoms with van der Waals surface area (Å²) in [7, 11) is 1.62. The van der Waals surface area contributed by atoms with Crippen molar-refractivity contribution in [2.45, 2.75) is 51.2 Å². The highest BCUT2D eigenvalue weighted by molar-refractivity contribution is 5.81.